The van der Waals surface area contributed by atoms with Gasteiger partial charge in [0.1, 0.15) is 0 Å². The van der Waals surface area contributed by atoms with Gasteiger partial charge < -0.3 is 31.6 Å². The number of nitrogens with zero attached hydrogens (tertiary/aromatic N) is 2. The number of nitrogens with one attached hydrogen (secondary N) is 4. The zero-order valence-electron chi connectivity index (χ0n) is 32.2. The quantitative estimate of drug-likeness (QED) is 0.175. The molecule has 2 aliphatic heterocycles. The first kappa shape index (κ1) is 44.5. The Morgan fingerprint density at radius 3 is 1.78 bits per heavy atom. The van der Waals surface area contributed by atoms with Gasteiger partial charge in [0, 0.05) is 34.9 Å². The summed E-state index contributed by atoms with van der Waals surface area (Å²) in [7, 11) is 0. The molecule has 2 unspecified atom stereocenters. The summed E-state index contributed by atoms with van der Waals surface area (Å²) in [5.41, 5.74) is 29.9. The number of carboxylic acid groups (broad SMARTS) is 2. The minimum atomic E-state index is -0.869. The first-order valence-electron chi connectivity index (χ1n) is 18.6. The number of fused-ring (bicyclic) bond motifs is 8. The van der Waals surface area contributed by atoms with E-state index in [0.29, 0.717) is 18.5 Å². The molecule has 11 heteroatoms. The van der Waals surface area contributed by atoms with Crippen molar-refractivity contribution in [3.8, 4) is 0 Å². The van der Waals surface area contributed by atoms with E-state index in [1.807, 2.05) is 26.0 Å². The summed E-state index contributed by atoms with van der Waals surface area (Å²) in [6.07, 6.45) is 4.92. The van der Waals surface area contributed by atoms with Crippen molar-refractivity contribution in [2.45, 2.75) is 132 Å². The number of aliphatic carboxylic acids is 2. The summed E-state index contributed by atoms with van der Waals surface area (Å²) in [4.78, 5) is 40.6. The largest absolute Gasteiger partial charge is 2.00 e. The summed E-state index contributed by atoms with van der Waals surface area (Å²) in [5.74, 6) is -1.20. The first-order valence-corrected chi connectivity index (χ1v) is 18.6. The standard InChI is InChI=1S/C36H42N4O4.C6H12N2.CH4.Pt/c1-17(2)35-21(7)27-13-25-19(5)23(9-11-33(41)42)29(37-25)16-30-24(10-12-34(43)44)20(6)26(38-30)14-31-36(18(3)4)22(8)28(40-31)15-32(35)39-27;7-5-3-1-2-4-6(5)8;;/h13-18,38,40H,9-12H2,1-8H3,(H,41,42)(H,43,44);5-8H,1-4H2;1H4;/q;-2;;+2. The second-order valence-corrected chi connectivity index (χ2v) is 15.1. The van der Waals surface area contributed by atoms with E-state index in [1.165, 1.54) is 29.5 Å². The summed E-state index contributed by atoms with van der Waals surface area (Å²) < 4.78 is 0. The number of aromatic nitrogens is 4. The number of aromatic amines is 2. The SMILES string of the molecule is C.CC1=C(CCC(=O)O)c2cc3[nH]c(cc4[nH]c(cc5nc(cc1n2)C(C)=C5C(C)C)c(C)c4C(C)C)c(C)c3CCC(=O)O.[NH-]C1CCCCC1[NH-].[Pt+2]. The van der Waals surface area contributed by atoms with Crippen LogP contribution in [0.1, 0.15) is 145 Å². The number of hydrogen-bond acceptors (Lipinski definition) is 4. The van der Waals surface area contributed by atoms with E-state index in [0.717, 1.165) is 79.8 Å². The molecule has 3 aromatic heterocycles. The smallest absolute Gasteiger partial charge is 0.676 e. The first-order chi connectivity index (χ1) is 24.6. The molecule has 8 bridgehead atoms. The van der Waals surface area contributed by atoms with E-state index in [9.17, 15) is 19.8 Å². The molecule has 1 fully saturated rings. The van der Waals surface area contributed by atoms with Crippen molar-refractivity contribution in [1.29, 1.82) is 0 Å². The summed E-state index contributed by atoms with van der Waals surface area (Å²) in [6.45, 7) is 17.0. The van der Waals surface area contributed by atoms with Crippen LogP contribution >= 0.6 is 0 Å². The second kappa shape index (κ2) is 18.7. The third kappa shape index (κ3) is 9.68. The van der Waals surface area contributed by atoms with E-state index in [1.54, 1.807) is 0 Å². The third-order valence-corrected chi connectivity index (χ3v) is 10.7. The van der Waals surface area contributed by atoms with Crippen molar-refractivity contribution in [3.05, 3.63) is 80.8 Å². The van der Waals surface area contributed by atoms with Crippen molar-refractivity contribution in [2.24, 2.45) is 5.92 Å². The van der Waals surface area contributed by atoms with Crippen LogP contribution in [0.25, 0.3) is 55.8 Å². The van der Waals surface area contributed by atoms with Crippen LogP contribution in [0.3, 0.4) is 0 Å². The number of rotatable bonds is 8. The number of carbonyl (C=O) groups is 2. The van der Waals surface area contributed by atoms with Crippen LogP contribution in [0.15, 0.2) is 24.3 Å². The molecule has 10 nitrogen and oxygen atoms in total. The zero-order valence-corrected chi connectivity index (χ0v) is 34.5. The monoisotopic (exact) mass is 917 g/mol. The van der Waals surface area contributed by atoms with Crippen LogP contribution in [0.5, 0.6) is 0 Å². The van der Waals surface area contributed by atoms with Crippen LogP contribution in [0.4, 0.5) is 0 Å². The minimum absolute atomic E-state index is 0. The van der Waals surface area contributed by atoms with Gasteiger partial charge in [-0.15, -0.1) is 0 Å². The van der Waals surface area contributed by atoms with Crippen molar-refractivity contribution in [3.63, 3.8) is 0 Å². The van der Waals surface area contributed by atoms with Crippen molar-refractivity contribution < 1.29 is 40.9 Å². The van der Waals surface area contributed by atoms with Crippen molar-refractivity contribution >= 4 is 56.3 Å². The van der Waals surface area contributed by atoms with E-state index < -0.39 is 11.9 Å². The minimum Gasteiger partial charge on any atom is -0.676 e. The van der Waals surface area contributed by atoms with Gasteiger partial charge in [-0.3, -0.25) is 9.59 Å². The predicted molar refractivity (Wildman–Crippen MR) is 219 cm³/mol. The Morgan fingerprint density at radius 2 is 1.22 bits per heavy atom. The van der Waals surface area contributed by atoms with Crippen LogP contribution in [-0.2, 0) is 37.1 Å². The Bertz CT molecular complexity index is 2100. The zero-order chi connectivity index (χ0) is 38.0. The molecule has 3 aliphatic rings. The molecule has 6 N–H and O–H groups in total. The van der Waals surface area contributed by atoms with Gasteiger partial charge in [-0.2, -0.15) is 12.1 Å². The Morgan fingerprint density at radius 1 is 0.704 bits per heavy atom. The van der Waals surface area contributed by atoms with Crippen LogP contribution in [0.2, 0.25) is 0 Å². The van der Waals surface area contributed by atoms with Gasteiger partial charge in [0.25, 0.3) is 0 Å². The molecule has 0 spiro atoms. The van der Waals surface area contributed by atoms with Crippen molar-refractivity contribution in [1.82, 2.24) is 19.9 Å². The molecule has 0 saturated heterocycles. The van der Waals surface area contributed by atoms with Gasteiger partial charge in [0.05, 0.1) is 22.8 Å². The predicted octanol–water partition coefficient (Wildman–Crippen LogP) is 11.5. The number of H-pyrrole nitrogens is 2. The number of aryl methyl sites for hydroxylation is 3. The molecule has 0 radical (unpaired) electrons. The summed E-state index contributed by atoms with van der Waals surface area (Å²) in [6, 6.07) is 8.08. The molecule has 54 heavy (non-hydrogen) atoms. The molecular weight excluding hydrogens is 860 g/mol. The van der Waals surface area contributed by atoms with Crippen molar-refractivity contribution in [2.75, 3.05) is 0 Å². The number of allylic oxidation sites excluding steroid dienone is 4. The summed E-state index contributed by atoms with van der Waals surface area (Å²) in [5, 5.41) is 19.0. The Kier molecular flexibility index (Phi) is 15.4. The molecule has 5 heterocycles. The number of carboxylic acids is 2. The summed E-state index contributed by atoms with van der Waals surface area (Å²) >= 11 is 0. The average Bonchev–Trinajstić information content (AvgIpc) is 3.73. The molecule has 0 aromatic carbocycles. The van der Waals surface area contributed by atoms with Gasteiger partial charge in [-0.25, -0.2) is 9.97 Å². The Balaban J connectivity index is 0.000000696. The second-order valence-electron chi connectivity index (χ2n) is 15.1. The maximum absolute atomic E-state index is 11.6. The molecule has 6 rings (SSSR count). The van der Waals surface area contributed by atoms with Gasteiger partial charge in [-0.05, 0) is 121 Å². The maximum atomic E-state index is 11.6. The van der Waals surface area contributed by atoms with E-state index in [2.05, 4.69) is 63.6 Å². The third-order valence-electron chi connectivity index (χ3n) is 10.7. The molecule has 1 aliphatic carbocycles. The van der Waals surface area contributed by atoms with Gasteiger partial charge in [0.15, 0.2) is 0 Å². The molecule has 3 aromatic rings. The molecular formula is C43H58N6O4Pt. The van der Waals surface area contributed by atoms with E-state index in [4.69, 9.17) is 21.4 Å². The average molecular weight is 918 g/mol. The molecule has 2 atom stereocenters. The number of hydrogen-bond donors (Lipinski definition) is 4. The fraction of sp³-hybridized carbons (Fsp3) is 0.488. The van der Waals surface area contributed by atoms with E-state index >= 15 is 0 Å². The fourth-order valence-electron chi connectivity index (χ4n) is 7.85. The van der Waals surface area contributed by atoms with Gasteiger partial charge in [0.2, 0.25) is 0 Å². The Labute approximate surface area is 334 Å². The maximum Gasteiger partial charge on any atom is 2.00 e. The Hall–Kier alpha value is -3.85. The van der Waals surface area contributed by atoms with E-state index in [-0.39, 0.29) is 65.3 Å². The van der Waals surface area contributed by atoms with Crippen LogP contribution in [0, 0.1) is 19.8 Å². The normalized spacial score (nSPS) is 16.9. The molecule has 1 saturated carbocycles. The van der Waals surface area contributed by atoms with Crippen LogP contribution in [-0.4, -0.2) is 54.2 Å². The van der Waals surface area contributed by atoms with Crippen LogP contribution < -0.4 is 0 Å². The molecule has 294 valence electrons. The fourth-order valence-corrected chi connectivity index (χ4v) is 7.85. The van der Waals surface area contributed by atoms with Gasteiger partial charge >= 0.3 is 33.0 Å². The van der Waals surface area contributed by atoms with Gasteiger partial charge in [-0.1, -0.05) is 60.8 Å². The molecule has 0 amide bonds. The topological polar surface area (TPSA) is 180 Å².